The van der Waals surface area contributed by atoms with E-state index in [2.05, 4.69) is 95.3 Å². The molecule has 2 saturated carbocycles. The van der Waals surface area contributed by atoms with Gasteiger partial charge in [-0.3, -0.25) is 0 Å². The van der Waals surface area contributed by atoms with Crippen LogP contribution in [0, 0.1) is 35.5 Å². The molecule has 43 heavy (non-hydrogen) atoms. The summed E-state index contributed by atoms with van der Waals surface area (Å²) in [5.74, 6) is 11.9. The molecule has 6 heteroatoms. The largest absolute Gasteiger partial charge is 0.344 e. The number of nitrogens with one attached hydrogen (secondary N) is 4. The number of H-pyrrole nitrogens is 2. The highest BCUT2D eigenvalue weighted by Crippen LogP contribution is 2.51. The number of aromatic nitrogens is 4. The van der Waals surface area contributed by atoms with Gasteiger partial charge < -0.3 is 20.6 Å². The summed E-state index contributed by atoms with van der Waals surface area (Å²) in [7, 11) is 0. The molecule has 4 N–H and O–H groups in total. The molecule has 1 saturated heterocycles. The van der Waals surface area contributed by atoms with Crippen molar-refractivity contribution in [1.82, 2.24) is 30.6 Å². The van der Waals surface area contributed by atoms with Gasteiger partial charge in [-0.1, -0.05) is 43.9 Å². The lowest BCUT2D eigenvalue weighted by atomic mass is 9.90. The first kappa shape index (κ1) is 25.6. The Bertz CT molecular complexity index is 1840. The average molecular weight is 567 g/mol. The van der Waals surface area contributed by atoms with E-state index in [4.69, 9.17) is 9.97 Å². The van der Waals surface area contributed by atoms with Crippen molar-refractivity contribution in [1.29, 1.82) is 0 Å². The molecule has 7 unspecified atom stereocenters. The third-order valence-electron chi connectivity index (χ3n) is 11.0. The standard InChI is InChI=1S/C37H38N6/c1-4-25-19(2)33(25)38-18-32-39-29-13-9-23-15-21(7-11-26(23)35(29)42-32)5-6-22-8-12-27-24(16-22)10-14-30-36(27)43-37(41-30)31-17-28-20(3)34(28)40-31/h4,7-8,11-12,15-16,19-20,25,28,31,33-34,38,40H,1,9-10,13-14,17-18H2,2-3H3,(H,39,42)(H,41,43). The third-order valence-corrected chi connectivity index (χ3v) is 11.0. The second-order valence-corrected chi connectivity index (χ2v) is 13.5. The van der Waals surface area contributed by atoms with Crippen LogP contribution < -0.4 is 10.6 Å². The fourth-order valence-electron chi connectivity index (χ4n) is 8.17. The van der Waals surface area contributed by atoms with Crippen molar-refractivity contribution in [3.8, 4) is 34.4 Å². The van der Waals surface area contributed by atoms with E-state index in [0.29, 0.717) is 30.0 Å². The molecule has 4 aliphatic carbocycles. The van der Waals surface area contributed by atoms with Gasteiger partial charge in [-0.05, 0) is 91.2 Å². The van der Waals surface area contributed by atoms with Gasteiger partial charge in [0.2, 0.25) is 0 Å². The minimum absolute atomic E-state index is 0.377. The minimum atomic E-state index is 0.377. The number of aromatic amines is 2. The maximum atomic E-state index is 5.10. The number of benzene rings is 2. The van der Waals surface area contributed by atoms with Crippen LogP contribution in [0.5, 0.6) is 0 Å². The highest BCUT2D eigenvalue weighted by molar-refractivity contribution is 5.71. The van der Waals surface area contributed by atoms with Gasteiger partial charge in [0.15, 0.2) is 0 Å². The molecule has 0 spiro atoms. The fourth-order valence-corrected chi connectivity index (χ4v) is 8.17. The summed E-state index contributed by atoms with van der Waals surface area (Å²) >= 11 is 0. The van der Waals surface area contributed by atoms with Crippen LogP contribution in [0.2, 0.25) is 0 Å². The van der Waals surface area contributed by atoms with Gasteiger partial charge in [-0.25, -0.2) is 9.97 Å². The van der Waals surface area contributed by atoms with Crippen LogP contribution in [0.3, 0.4) is 0 Å². The number of piperidine rings is 1. The maximum absolute atomic E-state index is 5.10. The topological polar surface area (TPSA) is 81.4 Å². The lowest BCUT2D eigenvalue weighted by Crippen LogP contribution is -2.21. The van der Waals surface area contributed by atoms with Gasteiger partial charge >= 0.3 is 0 Å². The molecule has 9 rings (SSSR count). The molecule has 5 aliphatic rings. The predicted octanol–water partition coefficient (Wildman–Crippen LogP) is 5.64. The first-order valence-electron chi connectivity index (χ1n) is 16.1. The van der Waals surface area contributed by atoms with E-state index in [0.717, 1.165) is 78.2 Å². The van der Waals surface area contributed by atoms with E-state index in [1.54, 1.807) is 0 Å². The summed E-state index contributed by atoms with van der Waals surface area (Å²) in [6.07, 6.45) is 7.31. The van der Waals surface area contributed by atoms with Crippen molar-refractivity contribution < 1.29 is 0 Å². The maximum Gasteiger partial charge on any atom is 0.124 e. The Morgan fingerprint density at radius 2 is 1.56 bits per heavy atom. The highest BCUT2D eigenvalue weighted by atomic mass is 15.1. The summed E-state index contributed by atoms with van der Waals surface area (Å²) in [4.78, 5) is 17.3. The Morgan fingerprint density at radius 1 is 0.884 bits per heavy atom. The van der Waals surface area contributed by atoms with Crippen LogP contribution in [0.1, 0.15) is 71.6 Å². The SMILES string of the molecule is C=CC1C(C)C1NCc1nc2c([nH]1)CCc1cc(C#Cc3ccc4c(c3)CCc3[nH]c(C5CC6C(C)C6N5)nc3-4)ccc1-2. The van der Waals surface area contributed by atoms with E-state index < -0.39 is 0 Å². The Hall–Kier alpha value is -3.92. The van der Waals surface area contributed by atoms with Gasteiger partial charge in [-0.15, -0.1) is 6.58 Å². The van der Waals surface area contributed by atoms with Crippen molar-refractivity contribution in [2.45, 2.75) is 70.6 Å². The minimum Gasteiger partial charge on any atom is -0.344 e. The molecular formula is C37H38N6. The van der Waals surface area contributed by atoms with Crippen LogP contribution in [0.15, 0.2) is 49.1 Å². The molecular weight excluding hydrogens is 528 g/mol. The van der Waals surface area contributed by atoms with Crippen molar-refractivity contribution in [3.63, 3.8) is 0 Å². The van der Waals surface area contributed by atoms with Crippen molar-refractivity contribution in [2.24, 2.45) is 23.7 Å². The van der Waals surface area contributed by atoms with Gasteiger partial charge in [-0.2, -0.15) is 0 Å². The zero-order valence-electron chi connectivity index (χ0n) is 24.9. The number of aryl methyl sites for hydroxylation is 4. The Labute approximate surface area is 253 Å². The highest BCUT2D eigenvalue weighted by Gasteiger charge is 2.54. The molecule has 216 valence electrons. The lowest BCUT2D eigenvalue weighted by Gasteiger charge is -2.15. The molecule has 6 nitrogen and oxygen atoms in total. The molecule has 7 atom stereocenters. The number of hydrogen-bond donors (Lipinski definition) is 4. The summed E-state index contributed by atoms with van der Waals surface area (Å²) in [6, 6.07) is 14.9. The van der Waals surface area contributed by atoms with Crippen LogP contribution in [0.25, 0.3) is 22.5 Å². The first-order chi connectivity index (χ1) is 21.0. The normalized spacial score (nSPS) is 28.9. The number of nitrogens with zero attached hydrogens (tertiary/aromatic N) is 2. The number of rotatable bonds is 5. The molecule has 2 aromatic heterocycles. The van der Waals surface area contributed by atoms with E-state index >= 15 is 0 Å². The molecule has 0 amide bonds. The van der Waals surface area contributed by atoms with E-state index in [9.17, 15) is 0 Å². The van der Waals surface area contributed by atoms with Crippen molar-refractivity contribution >= 4 is 0 Å². The zero-order chi connectivity index (χ0) is 28.8. The van der Waals surface area contributed by atoms with Crippen LogP contribution in [0.4, 0.5) is 0 Å². The van der Waals surface area contributed by atoms with Gasteiger partial charge in [0, 0.05) is 45.7 Å². The molecule has 0 radical (unpaired) electrons. The van der Waals surface area contributed by atoms with Crippen LogP contribution in [-0.4, -0.2) is 32.0 Å². The van der Waals surface area contributed by atoms with E-state index in [-0.39, 0.29) is 0 Å². The predicted molar refractivity (Wildman–Crippen MR) is 169 cm³/mol. The second-order valence-electron chi connectivity index (χ2n) is 13.5. The average Bonchev–Trinajstić information content (AvgIpc) is 3.52. The summed E-state index contributed by atoms with van der Waals surface area (Å²) < 4.78 is 0. The molecule has 3 heterocycles. The van der Waals surface area contributed by atoms with E-state index in [1.165, 1.54) is 40.1 Å². The number of fused-ring (bicyclic) bond motifs is 7. The lowest BCUT2D eigenvalue weighted by molar-refractivity contribution is 0.497. The molecule has 4 aromatic rings. The van der Waals surface area contributed by atoms with Crippen LogP contribution in [-0.2, 0) is 32.2 Å². The Morgan fingerprint density at radius 3 is 2.19 bits per heavy atom. The monoisotopic (exact) mass is 566 g/mol. The van der Waals surface area contributed by atoms with Gasteiger partial charge in [0.25, 0.3) is 0 Å². The van der Waals surface area contributed by atoms with Crippen molar-refractivity contribution in [3.05, 3.63) is 94.3 Å². The van der Waals surface area contributed by atoms with Gasteiger partial charge in [0.1, 0.15) is 11.6 Å². The quantitative estimate of drug-likeness (QED) is 0.186. The summed E-state index contributed by atoms with van der Waals surface area (Å²) in [6.45, 7) is 9.36. The number of hydrogen-bond acceptors (Lipinski definition) is 4. The summed E-state index contributed by atoms with van der Waals surface area (Å²) in [5, 5.41) is 7.43. The second kappa shape index (κ2) is 9.54. The van der Waals surface area contributed by atoms with Gasteiger partial charge in [0.05, 0.1) is 24.0 Å². The fraction of sp³-hybridized carbons (Fsp3) is 0.405. The molecule has 0 bridgehead atoms. The van der Waals surface area contributed by atoms with E-state index in [1.807, 2.05) is 0 Å². The first-order valence-corrected chi connectivity index (χ1v) is 16.1. The smallest absolute Gasteiger partial charge is 0.124 e. The molecule has 2 aromatic carbocycles. The molecule has 3 fully saturated rings. The Kier molecular flexibility index (Phi) is 5.67. The third kappa shape index (κ3) is 4.24. The van der Waals surface area contributed by atoms with Crippen LogP contribution >= 0.6 is 0 Å². The zero-order valence-corrected chi connectivity index (χ0v) is 24.9. The summed E-state index contributed by atoms with van der Waals surface area (Å²) in [5.41, 5.74) is 12.1. The Balaban J connectivity index is 0.909. The molecule has 1 aliphatic heterocycles. The number of imidazole rings is 2. The van der Waals surface area contributed by atoms with Crippen molar-refractivity contribution in [2.75, 3.05) is 0 Å².